The van der Waals surface area contributed by atoms with Gasteiger partial charge in [0.2, 0.25) is 5.91 Å². The molecule has 0 radical (unpaired) electrons. The molecule has 168 valence electrons. The maximum Gasteiger partial charge on any atom is 0.230 e. The number of amides is 1. The summed E-state index contributed by atoms with van der Waals surface area (Å²) in [5, 5.41) is 12.7. The third kappa shape index (κ3) is 5.55. The lowest BCUT2D eigenvalue weighted by Crippen LogP contribution is -2.32. The van der Waals surface area contributed by atoms with Crippen LogP contribution < -0.4 is 5.32 Å². The molecule has 0 bridgehead atoms. The van der Waals surface area contributed by atoms with E-state index in [0.29, 0.717) is 19.0 Å². The van der Waals surface area contributed by atoms with E-state index in [-0.39, 0.29) is 11.9 Å². The van der Waals surface area contributed by atoms with E-state index in [0.717, 1.165) is 48.8 Å². The van der Waals surface area contributed by atoms with E-state index in [4.69, 9.17) is 4.74 Å². The minimum atomic E-state index is 0.0195. The Labute approximate surface area is 193 Å². The number of carbonyl (C=O) groups is 1. The van der Waals surface area contributed by atoms with Crippen LogP contribution in [0.15, 0.2) is 53.9 Å². The lowest BCUT2D eigenvalue weighted by Gasteiger charge is -2.26. The molecule has 1 aliphatic rings. The standard InChI is InChI=1S/C24H29N5O2S/c1-2-31-16-6-15-29-23(19-11-13-25-14-12-19)27-28-24(29)32-17-22(30)26-21-10-5-8-18-7-3-4-9-20(18)21/h3-4,7,9,11-14,21H,2,5-6,8,10,15-17H2,1H3,(H,26,30)/t21-/m1/s1. The van der Waals surface area contributed by atoms with Gasteiger partial charge in [-0.15, -0.1) is 10.2 Å². The Morgan fingerprint density at radius 3 is 2.91 bits per heavy atom. The van der Waals surface area contributed by atoms with Gasteiger partial charge in [-0.1, -0.05) is 36.0 Å². The summed E-state index contributed by atoms with van der Waals surface area (Å²) in [4.78, 5) is 16.9. The van der Waals surface area contributed by atoms with E-state index in [1.807, 2.05) is 25.1 Å². The van der Waals surface area contributed by atoms with Crippen molar-refractivity contribution in [1.82, 2.24) is 25.1 Å². The van der Waals surface area contributed by atoms with Crippen LogP contribution in [-0.2, 0) is 22.5 Å². The van der Waals surface area contributed by atoms with E-state index < -0.39 is 0 Å². The van der Waals surface area contributed by atoms with Crippen LogP contribution in [0, 0.1) is 0 Å². The van der Waals surface area contributed by atoms with Gasteiger partial charge >= 0.3 is 0 Å². The number of nitrogens with zero attached hydrogens (tertiary/aromatic N) is 4. The zero-order valence-corrected chi connectivity index (χ0v) is 19.2. The second-order valence-electron chi connectivity index (χ2n) is 7.74. The van der Waals surface area contributed by atoms with Gasteiger partial charge in [-0.3, -0.25) is 9.78 Å². The first-order valence-electron chi connectivity index (χ1n) is 11.2. The average molecular weight is 452 g/mol. The number of carbonyl (C=O) groups excluding carboxylic acids is 1. The summed E-state index contributed by atoms with van der Waals surface area (Å²) in [6.45, 7) is 4.10. The van der Waals surface area contributed by atoms with Gasteiger partial charge in [0, 0.05) is 37.7 Å². The molecule has 1 amide bonds. The quantitative estimate of drug-likeness (QED) is 0.370. The van der Waals surface area contributed by atoms with Crippen molar-refractivity contribution in [3.8, 4) is 11.4 Å². The summed E-state index contributed by atoms with van der Waals surface area (Å²) in [6.07, 6.45) is 7.50. The molecular weight excluding hydrogens is 422 g/mol. The molecule has 7 nitrogen and oxygen atoms in total. The molecule has 0 saturated carbocycles. The molecule has 4 rings (SSSR count). The fourth-order valence-corrected chi connectivity index (χ4v) is 4.83. The zero-order chi connectivity index (χ0) is 22.2. The van der Waals surface area contributed by atoms with Crippen LogP contribution in [0.25, 0.3) is 11.4 Å². The van der Waals surface area contributed by atoms with Crippen LogP contribution in [0.1, 0.15) is 43.4 Å². The predicted molar refractivity (Wildman–Crippen MR) is 125 cm³/mol. The van der Waals surface area contributed by atoms with Crippen molar-refractivity contribution in [3.63, 3.8) is 0 Å². The number of aryl methyl sites for hydroxylation is 1. The molecule has 1 aromatic carbocycles. The highest BCUT2D eigenvalue weighted by molar-refractivity contribution is 7.99. The highest BCUT2D eigenvalue weighted by atomic mass is 32.2. The highest BCUT2D eigenvalue weighted by Crippen LogP contribution is 2.30. The highest BCUT2D eigenvalue weighted by Gasteiger charge is 2.22. The van der Waals surface area contributed by atoms with Gasteiger partial charge in [0.15, 0.2) is 11.0 Å². The Kier molecular flexibility index (Phi) is 7.90. The molecule has 0 unspecified atom stereocenters. The van der Waals surface area contributed by atoms with E-state index in [1.54, 1.807) is 12.4 Å². The average Bonchev–Trinajstić information content (AvgIpc) is 3.24. The maximum atomic E-state index is 12.8. The Balaban J connectivity index is 1.42. The monoisotopic (exact) mass is 451 g/mol. The van der Waals surface area contributed by atoms with Crippen LogP contribution in [0.4, 0.5) is 0 Å². The number of hydrogen-bond acceptors (Lipinski definition) is 6. The number of ether oxygens (including phenoxy) is 1. The summed E-state index contributed by atoms with van der Waals surface area (Å²) in [6, 6.07) is 12.3. The lowest BCUT2D eigenvalue weighted by molar-refractivity contribution is -0.119. The van der Waals surface area contributed by atoms with E-state index in [2.05, 4.69) is 43.3 Å². The largest absolute Gasteiger partial charge is 0.382 e. The van der Waals surface area contributed by atoms with Crippen molar-refractivity contribution in [2.45, 2.75) is 50.4 Å². The van der Waals surface area contributed by atoms with Crippen LogP contribution in [0.3, 0.4) is 0 Å². The second kappa shape index (κ2) is 11.2. The van der Waals surface area contributed by atoms with Crippen LogP contribution in [0.2, 0.25) is 0 Å². The van der Waals surface area contributed by atoms with Crippen LogP contribution >= 0.6 is 11.8 Å². The van der Waals surface area contributed by atoms with Gasteiger partial charge in [-0.05, 0) is 55.9 Å². The Hall–Kier alpha value is -2.71. The molecule has 8 heteroatoms. The first-order valence-corrected chi connectivity index (χ1v) is 12.2. The van der Waals surface area contributed by atoms with Crippen LogP contribution in [0.5, 0.6) is 0 Å². The van der Waals surface area contributed by atoms with E-state index in [1.165, 1.54) is 22.9 Å². The Morgan fingerprint density at radius 2 is 2.06 bits per heavy atom. The number of rotatable bonds is 10. The number of pyridine rings is 1. The number of aromatic nitrogens is 4. The zero-order valence-electron chi connectivity index (χ0n) is 18.4. The molecular formula is C24H29N5O2S. The topological polar surface area (TPSA) is 81.9 Å². The van der Waals surface area contributed by atoms with Crippen molar-refractivity contribution in [1.29, 1.82) is 0 Å². The number of benzene rings is 1. The lowest BCUT2D eigenvalue weighted by atomic mass is 9.88. The van der Waals surface area contributed by atoms with E-state index >= 15 is 0 Å². The maximum absolute atomic E-state index is 12.8. The molecule has 0 fully saturated rings. The summed E-state index contributed by atoms with van der Waals surface area (Å²) >= 11 is 1.43. The predicted octanol–water partition coefficient (Wildman–Crippen LogP) is 4.05. The van der Waals surface area contributed by atoms with Gasteiger partial charge in [0.05, 0.1) is 11.8 Å². The first-order chi connectivity index (χ1) is 15.8. The fourth-order valence-electron chi connectivity index (χ4n) is 4.05. The van der Waals surface area contributed by atoms with Gasteiger partial charge in [-0.25, -0.2) is 0 Å². The van der Waals surface area contributed by atoms with E-state index in [9.17, 15) is 4.79 Å². The normalized spacial score (nSPS) is 15.3. The van der Waals surface area contributed by atoms with Crippen molar-refractivity contribution in [3.05, 3.63) is 59.9 Å². The SMILES string of the molecule is CCOCCCn1c(SCC(=O)N[C@@H]2CCCc3ccccc32)nnc1-c1ccncc1. The Bertz CT molecular complexity index is 1020. The smallest absolute Gasteiger partial charge is 0.230 e. The summed E-state index contributed by atoms with van der Waals surface area (Å²) in [5.74, 6) is 1.11. The molecule has 0 aliphatic heterocycles. The number of nitrogens with one attached hydrogen (secondary N) is 1. The molecule has 2 aromatic heterocycles. The molecule has 2 heterocycles. The van der Waals surface area contributed by atoms with Crippen molar-refractivity contribution < 1.29 is 9.53 Å². The number of thioether (sulfide) groups is 1. The molecule has 32 heavy (non-hydrogen) atoms. The minimum absolute atomic E-state index is 0.0195. The van der Waals surface area contributed by atoms with Gasteiger partial charge in [0.25, 0.3) is 0 Å². The van der Waals surface area contributed by atoms with Crippen LogP contribution in [-0.4, -0.2) is 44.6 Å². The number of hydrogen-bond donors (Lipinski definition) is 1. The fraction of sp³-hybridized carbons (Fsp3) is 0.417. The third-order valence-electron chi connectivity index (χ3n) is 5.57. The van der Waals surface area contributed by atoms with Crippen molar-refractivity contribution in [2.24, 2.45) is 0 Å². The summed E-state index contributed by atoms with van der Waals surface area (Å²) in [5.41, 5.74) is 3.54. The van der Waals surface area contributed by atoms with Crippen molar-refractivity contribution in [2.75, 3.05) is 19.0 Å². The molecule has 3 aromatic rings. The van der Waals surface area contributed by atoms with Gasteiger partial charge in [0.1, 0.15) is 0 Å². The Morgan fingerprint density at radius 1 is 1.22 bits per heavy atom. The summed E-state index contributed by atoms with van der Waals surface area (Å²) < 4.78 is 7.57. The molecule has 1 N–H and O–H groups in total. The second-order valence-corrected chi connectivity index (χ2v) is 8.69. The third-order valence-corrected chi connectivity index (χ3v) is 6.53. The molecule has 1 atom stereocenters. The van der Waals surface area contributed by atoms with Gasteiger partial charge in [-0.2, -0.15) is 0 Å². The summed E-state index contributed by atoms with van der Waals surface area (Å²) in [7, 11) is 0. The molecule has 1 aliphatic carbocycles. The van der Waals surface area contributed by atoms with Gasteiger partial charge < -0.3 is 14.6 Å². The number of fused-ring (bicyclic) bond motifs is 1. The first kappa shape index (κ1) is 22.5. The minimum Gasteiger partial charge on any atom is -0.382 e. The van der Waals surface area contributed by atoms with Crippen molar-refractivity contribution >= 4 is 17.7 Å². The molecule has 0 saturated heterocycles. The molecule has 0 spiro atoms.